The van der Waals surface area contributed by atoms with Crippen LogP contribution in [-0.4, -0.2) is 35.9 Å². The monoisotopic (exact) mass is 399 g/mol. The predicted octanol–water partition coefficient (Wildman–Crippen LogP) is 4.16. The van der Waals surface area contributed by atoms with Gasteiger partial charge in [0.25, 0.3) is 0 Å². The van der Waals surface area contributed by atoms with Crippen LogP contribution in [0.5, 0.6) is 0 Å². The van der Waals surface area contributed by atoms with Crippen molar-refractivity contribution < 1.29 is 19.1 Å². The number of thioether (sulfide) groups is 1. The first-order valence-corrected chi connectivity index (χ1v) is 9.61. The summed E-state index contributed by atoms with van der Waals surface area (Å²) in [4.78, 5) is 38.6. The van der Waals surface area contributed by atoms with Gasteiger partial charge in [-0.15, -0.1) is 0 Å². The van der Waals surface area contributed by atoms with Crippen molar-refractivity contribution in [2.24, 2.45) is 5.41 Å². The smallest absolute Gasteiger partial charge is 0.328 e. The number of halogens is 1. The largest absolute Gasteiger partial charge is 0.467 e. The highest BCUT2D eigenvalue weighted by molar-refractivity contribution is 8.14. The molecular formula is C19H26ClNO4S. The topological polar surface area (TPSA) is 63.7 Å². The molecule has 0 spiro atoms. The summed E-state index contributed by atoms with van der Waals surface area (Å²) in [5, 5.41) is 0.412. The van der Waals surface area contributed by atoms with Crippen LogP contribution in [-0.2, 0) is 19.1 Å². The average molecular weight is 400 g/mol. The number of methoxy groups -OCH3 is 1. The SMILES string of the molecule is COC(=O)C(C)N(C(=O)CSC(=O)C(C)(C)C)c1c(C)ccc(Cl)c1C. The second-order valence-corrected chi connectivity index (χ2v) is 8.48. The molecule has 26 heavy (non-hydrogen) atoms. The summed E-state index contributed by atoms with van der Waals surface area (Å²) in [5.74, 6) is -0.953. The van der Waals surface area contributed by atoms with Gasteiger partial charge in [0.2, 0.25) is 5.91 Å². The molecule has 1 aromatic carbocycles. The van der Waals surface area contributed by atoms with Gasteiger partial charge in [0.1, 0.15) is 6.04 Å². The molecule has 0 aromatic heterocycles. The molecule has 0 fully saturated rings. The summed E-state index contributed by atoms with van der Waals surface area (Å²) < 4.78 is 4.81. The van der Waals surface area contributed by atoms with Crippen molar-refractivity contribution in [3.05, 3.63) is 28.3 Å². The molecule has 0 saturated carbocycles. The van der Waals surface area contributed by atoms with E-state index < -0.39 is 17.4 Å². The van der Waals surface area contributed by atoms with Crippen molar-refractivity contribution in [2.45, 2.75) is 47.6 Å². The molecule has 0 radical (unpaired) electrons. The van der Waals surface area contributed by atoms with Gasteiger partial charge in [0.05, 0.1) is 18.6 Å². The fourth-order valence-electron chi connectivity index (χ4n) is 2.41. The van der Waals surface area contributed by atoms with Crippen molar-refractivity contribution in [3.63, 3.8) is 0 Å². The predicted molar refractivity (Wildman–Crippen MR) is 107 cm³/mol. The molecular weight excluding hydrogens is 374 g/mol. The second-order valence-electron chi connectivity index (χ2n) is 7.13. The van der Waals surface area contributed by atoms with E-state index in [1.54, 1.807) is 46.8 Å². The van der Waals surface area contributed by atoms with Gasteiger partial charge in [-0.05, 0) is 38.0 Å². The highest BCUT2D eigenvalue weighted by Crippen LogP contribution is 2.33. The first kappa shape index (κ1) is 22.5. The van der Waals surface area contributed by atoms with E-state index >= 15 is 0 Å². The number of esters is 1. The number of benzene rings is 1. The molecule has 1 amide bonds. The minimum Gasteiger partial charge on any atom is -0.467 e. The summed E-state index contributed by atoms with van der Waals surface area (Å²) in [7, 11) is 1.27. The summed E-state index contributed by atoms with van der Waals surface area (Å²) in [5.41, 5.74) is 1.53. The number of amides is 1. The number of carbonyl (C=O) groups is 3. The Morgan fingerprint density at radius 1 is 1.23 bits per heavy atom. The maximum atomic E-state index is 13.0. The molecule has 0 saturated heterocycles. The number of anilines is 1. The molecule has 7 heteroatoms. The number of rotatable bonds is 5. The Hall–Kier alpha value is -1.53. The standard InChI is InChI=1S/C19H26ClNO4S/c1-11-8-9-14(20)12(2)16(11)21(13(3)17(23)25-7)15(22)10-26-18(24)19(4,5)6/h8-9,13H,10H2,1-7H3. The zero-order valence-electron chi connectivity index (χ0n) is 16.3. The van der Waals surface area contributed by atoms with Crippen LogP contribution in [0, 0.1) is 19.3 Å². The summed E-state index contributed by atoms with van der Waals surface area (Å²) in [6.07, 6.45) is 0. The molecule has 0 heterocycles. The minimum absolute atomic E-state index is 0.0666. The number of carbonyl (C=O) groups excluding carboxylic acids is 3. The lowest BCUT2D eigenvalue weighted by molar-refractivity contribution is -0.142. The lowest BCUT2D eigenvalue weighted by Gasteiger charge is -2.31. The fourth-order valence-corrected chi connectivity index (χ4v) is 3.38. The van der Waals surface area contributed by atoms with Gasteiger partial charge >= 0.3 is 5.97 Å². The van der Waals surface area contributed by atoms with Crippen LogP contribution in [0.1, 0.15) is 38.8 Å². The van der Waals surface area contributed by atoms with Gasteiger partial charge in [0.15, 0.2) is 5.12 Å². The third kappa shape index (κ3) is 5.24. The van der Waals surface area contributed by atoms with Crippen LogP contribution in [0.2, 0.25) is 5.02 Å². The van der Waals surface area contributed by atoms with Crippen LogP contribution in [0.4, 0.5) is 5.69 Å². The third-order valence-corrected chi connectivity index (χ3v) is 5.62. The average Bonchev–Trinajstić information content (AvgIpc) is 2.57. The van der Waals surface area contributed by atoms with Crippen LogP contribution in [0.15, 0.2) is 12.1 Å². The molecule has 1 aromatic rings. The summed E-state index contributed by atoms with van der Waals surface area (Å²) in [6.45, 7) is 10.6. The van der Waals surface area contributed by atoms with Gasteiger partial charge in [-0.1, -0.05) is 50.2 Å². The maximum absolute atomic E-state index is 13.0. The third-order valence-electron chi connectivity index (χ3n) is 3.94. The van der Waals surface area contributed by atoms with E-state index in [1.807, 2.05) is 6.92 Å². The molecule has 1 rings (SSSR count). The van der Waals surface area contributed by atoms with Crippen molar-refractivity contribution >= 4 is 46.0 Å². The number of nitrogens with zero attached hydrogens (tertiary/aromatic N) is 1. The molecule has 0 aliphatic carbocycles. The molecule has 5 nitrogen and oxygen atoms in total. The second kappa shape index (κ2) is 8.91. The molecule has 0 aliphatic rings. The van der Waals surface area contributed by atoms with Crippen molar-refractivity contribution in [3.8, 4) is 0 Å². The highest BCUT2D eigenvalue weighted by atomic mass is 35.5. The Morgan fingerprint density at radius 3 is 2.31 bits per heavy atom. The number of ether oxygens (including phenoxy) is 1. The number of hydrogen-bond donors (Lipinski definition) is 0. The first-order chi connectivity index (χ1) is 11.9. The summed E-state index contributed by atoms with van der Waals surface area (Å²) >= 11 is 7.18. The van der Waals surface area contributed by atoms with E-state index in [-0.39, 0.29) is 16.8 Å². The van der Waals surface area contributed by atoms with Crippen LogP contribution < -0.4 is 4.90 Å². The number of aryl methyl sites for hydroxylation is 1. The number of hydrogen-bond acceptors (Lipinski definition) is 5. The molecule has 0 bridgehead atoms. The van der Waals surface area contributed by atoms with E-state index in [0.29, 0.717) is 16.3 Å². The quantitative estimate of drug-likeness (QED) is 0.695. The zero-order chi connectivity index (χ0) is 20.2. The van der Waals surface area contributed by atoms with E-state index in [0.717, 1.165) is 17.3 Å². The lowest BCUT2D eigenvalue weighted by atomic mass is 10.00. The Kier molecular flexibility index (Phi) is 7.71. The van der Waals surface area contributed by atoms with E-state index in [9.17, 15) is 14.4 Å². The van der Waals surface area contributed by atoms with Gasteiger partial charge in [-0.2, -0.15) is 0 Å². The van der Waals surface area contributed by atoms with E-state index in [1.165, 1.54) is 12.0 Å². The Morgan fingerprint density at radius 2 is 1.81 bits per heavy atom. The Bertz CT molecular complexity index is 712. The molecule has 1 unspecified atom stereocenters. The van der Waals surface area contributed by atoms with Crippen molar-refractivity contribution in [2.75, 3.05) is 17.8 Å². The molecule has 0 N–H and O–H groups in total. The van der Waals surface area contributed by atoms with E-state index in [2.05, 4.69) is 0 Å². The molecule has 0 aliphatic heterocycles. The zero-order valence-corrected chi connectivity index (χ0v) is 17.9. The van der Waals surface area contributed by atoms with Gasteiger partial charge in [-0.25, -0.2) is 4.79 Å². The fraction of sp³-hybridized carbons (Fsp3) is 0.526. The first-order valence-electron chi connectivity index (χ1n) is 8.24. The van der Waals surface area contributed by atoms with Crippen LogP contribution in [0.25, 0.3) is 0 Å². The normalized spacial score (nSPS) is 12.5. The molecule has 1 atom stereocenters. The van der Waals surface area contributed by atoms with Gasteiger partial charge in [-0.3, -0.25) is 14.5 Å². The maximum Gasteiger partial charge on any atom is 0.328 e. The van der Waals surface area contributed by atoms with Crippen molar-refractivity contribution in [1.82, 2.24) is 0 Å². The van der Waals surface area contributed by atoms with Crippen LogP contribution >= 0.6 is 23.4 Å². The Labute approximate surface area is 164 Å². The van der Waals surface area contributed by atoms with E-state index in [4.69, 9.17) is 16.3 Å². The van der Waals surface area contributed by atoms with Gasteiger partial charge < -0.3 is 4.74 Å². The Balaban J connectivity index is 3.27. The lowest BCUT2D eigenvalue weighted by Crippen LogP contribution is -2.46. The molecule has 144 valence electrons. The van der Waals surface area contributed by atoms with Crippen molar-refractivity contribution in [1.29, 1.82) is 0 Å². The highest BCUT2D eigenvalue weighted by Gasteiger charge is 2.32. The minimum atomic E-state index is -0.839. The summed E-state index contributed by atoms with van der Waals surface area (Å²) in [6, 6.07) is 2.70. The van der Waals surface area contributed by atoms with Gasteiger partial charge in [0, 0.05) is 10.4 Å². The van der Waals surface area contributed by atoms with Crippen LogP contribution in [0.3, 0.4) is 0 Å².